The van der Waals surface area contributed by atoms with Crippen LogP contribution in [0.5, 0.6) is 11.5 Å². The Balaban J connectivity index is 1.65. The van der Waals surface area contributed by atoms with Gasteiger partial charge in [0.05, 0.1) is 23.2 Å². The van der Waals surface area contributed by atoms with Gasteiger partial charge in [-0.3, -0.25) is 20.2 Å². The van der Waals surface area contributed by atoms with Gasteiger partial charge in [-0.05, 0) is 46.9 Å². The summed E-state index contributed by atoms with van der Waals surface area (Å²) in [7, 11) is 0. The number of nitrogens with one attached hydrogen (secondary N) is 1. The van der Waals surface area contributed by atoms with Gasteiger partial charge in [0.2, 0.25) is 5.75 Å². The third-order valence-corrected chi connectivity index (χ3v) is 6.72. The lowest BCUT2D eigenvalue weighted by atomic mass is 9.97. The Morgan fingerprint density at radius 3 is 2.40 bits per heavy atom. The van der Waals surface area contributed by atoms with Crippen LogP contribution in [-0.4, -0.2) is 33.8 Å². The lowest BCUT2D eigenvalue weighted by Crippen LogP contribution is -2.39. The molecule has 1 atom stereocenters. The zero-order valence-corrected chi connectivity index (χ0v) is 22.8. The average Bonchev–Trinajstić information content (AvgIpc) is 3.00. The number of aliphatic hydroxyl groups is 1. The number of aliphatic hydroxyl groups excluding tert-OH is 1. The summed E-state index contributed by atoms with van der Waals surface area (Å²) in [4.78, 5) is 22.9. The molecule has 0 aliphatic heterocycles. The number of nitrogens with zero attached hydrogens (tertiary/aromatic N) is 2. The van der Waals surface area contributed by atoms with Gasteiger partial charge in [-0.1, -0.05) is 60.7 Å². The van der Waals surface area contributed by atoms with Gasteiger partial charge in [-0.2, -0.15) is 5.26 Å². The van der Waals surface area contributed by atoms with E-state index in [2.05, 4.69) is 11.4 Å². The molecule has 0 aromatic heterocycles. The highest BCUT2D eigenvalue weighted by Gasteiger charge is 2.23. The van der Waals surface area contributed by atoms with Crippen molar-refractivity contribution in [1.82, 2.24) is 5.32 Å². The predicted molar refractivity (Wildman–Crippen MR) is 155 cm³/mol. The molecule has 4 aromatic rings. The zero-order chi connectivity index (χ0) is 30.1. The van der Waals surface area contributed by atoms with E-state index in [9.17, 15) is 30.4 Å². The van der Waals surface area contributed by atoms with Crippen molar-refractivity contribution >= 4 is 11.7 Å². The lowest BCUT2D eigenvalue weighted by molar-refractivity contribution is -0.386. The monoisotopic (exact) mass is 567 g/mol. The van der Waals surface area contributed by atoms with E-state index in [-0.39, 0.29) is 36.9 Å². The summed E-state index contributed by atoms with van der Waals surface area (Å²) in [6.45, 7) is 1.26. The van der Waals surface area contributed by atoms with Gasteiger partial charge in [0.15, 0.2) is 0 Å². The normalized spacial score (nSPS) is 11.4. The minimum atomic E-state index is -1.28. The van der Waals surface area contributed by atoms with Gasteiger partial charge in [0.1, 0.15) is 25.0 Å². The number of ether oxygens (including phenoxy) is 2. The third kappa shape index (κ3) is 7.28. The fraction of sp³-hybridized carbons (Fsp3) is 0.188. The van der Waals surface area contributed by atoms with Crippen LogP contribution in [0.4, 0.5) is 5.69 Å². The van der Waals surface area contributed by atoms with Crippen molar-refractivity contribution in [1.29, 1.82) is 5.26 Å². The molecule has 0 spiro atoms. The summed E-state index contributed by atoms with van der Waals surface area (Å²) < 4.78 is 12.0. The van der Waals surface area contributed by atoms with Crippen molar-refractivity contribution in [2.45, 2.75) is 32.7 Å². The number of carboxylic acids is 1. The molecule has 0 aliphatic rings. The first-order valence-corrected chi connectivity index (χ1v) is 13.1. The molecule has 0 heterocycles. The molecule has 42 heavy (non-hydrogen) atoms. The second-order valence-corrected chi connectivity index (χ2v) is 9.48. The zero-order valence-electron chi connectivity index (χ0n) is 22.8. The van der Waals surface area contributed by atoms with E-state index in [4.69, 9.17) is 9.47 Å². The summed E-state index contributed by atoms with van der Waals surface area (Å²) in [6.07, 6.45) is 0. The van der Waals surface area contributed by atoms with E-state index in [1.165, 1.54) is 12.1 Å². The molecular weight excluding hydrogens is 538 g/mol. The van der Waals surface area contributed by atoms with Crippen LogP contribution < -0.4 is 14.8 Å². The highest BCUT2D eigenvalue weighted by atomic mass is 16.6. The molecule has 4 rings (SSSR count). The van der Waals surface area contributed by atoms with Crippen molar-refractivity contribution in [3.8, 4) is 28.7 Å². The van der Waals surface area contributed by atoms with Crippen LogP contribution in [0.1, 0.15) is 27.8 Å². The topological polar surface area (TPSA) is 155 Å². The Bertz CT molecular complexity index is 1620. The molecule has 4 aromatic carbocycles. The number of hydrogen-bond donors (Lipinski definition) is 3. The number of hydrogen-bond acceptors (Lipinski definition) is 8. The maximum atomic E-state index is 12.1. The molecule has 0 radical (unpaired) electrons. The molecule has 0 saturated carbocycles. The first-order valence-electron chi connectivity index (χ1n) is 13.1. The maximum absolute atomic E-state index is 12.1. The summed E-state index contributed by atoms with van der Waals surface area (Å²) in [5.41, 5.74) is 5.01. The van der Waals surface area contributed by atoms with E-state index < -0.39 is 23.5 Å². The smallest absolute Gasteiger partial charge is 0.323 e. The number of benzene rings is 4. The number of nitriles is 1. The molecule has 0 saturated heterocycles. The molecular formula is C32H29N3O7. The molecule has 10 heteroatoms. The van der Waals surface area contributed by atoms with Gasteiger partial charge in [0, 0.05) is 24.2 Å². The number of rotatable bonds is 13. The summed E-state index contributed by atoms with van der Waals surface area (Å²) >= 11 is 0. The molecule has 3 N–H and O–H groups in total. The first-order chi connectivity index (χ1) is 20.3. The van der Waals surface area contributed by atoms with Crippen molar-refractivity contribution in [3.63, 3.8) is 0 Å². The standard InChI is InChI=1S/C32H29N3O7/c1-21-25(11-6-12-27(21)24-9-3-2-4-10-24)20-42-31-15-30(41-19-23-8-5-7-22(13-23)16-33)26(14-29(31)35(39)40)17-34-28(18-36)32(37)38/h2-15,28,34,36H,17-20H2,1H3,(H,37,38). The number of carbonyl (C=O) groups is 1. The van der Waals surface area contributed by atoms with E-state index in [1.54, 1.807) is 24.3 Å². The first kappa shape index (κ1) is 29.7. The van der Waals surface area contributed by atoms with Crippen molar-refractivity contribution in [2.75, 3.05) is 6.61 Å². The molecule has 0 bridgehead atoms. The van der Waals surface area contributed by atoms with Crippen LogP contribution in [0.3, 0.4) is 0 Å². The Morgan fingerprint density at radius 2 is 1.71 bits per heavy atom. The maximum Gasteiger partial charge on any atom is 0.323 e. The third-order valence-electron chi connectivity index (χ3n) is 6.72. The minimum absolute atomic E-state index is 0.0222. The van der Waals surface area contributed by atoms with Gasteiger partial charge in [-0.15, -0.1) is 0 Å². The Labute approximate surface area is 242 Å². The highest BCUT2D eigenvalue weighted by molar-refractivity contribution is 5.73. The molecule has 10 nitrogen and oxygen atoms in total. The molecule has 0 fully saturated rings. The Hall–Kier alpha value is -5.24. The summed E-state index contributed by atoms with van der Waals surface area (Å²) in [6, 6.07) is 25.9. The quantitative estimate of drug-likeness (QED) is 0.147. The Kier molecular flexibility index (Phi) is 9.84. The van der Waals surface area contributed by atoms with E-state index >= 15 is 0 Å². The number of carboxylic acid groups (broad SMARTS) is 1. The largest absolute Gasteiger partial charge is 0.488 e. The summed E-state index contributed by atoms with van der Waals surface area (Å²) in [5.74, 6) is -1.07. The molecule has 0 amide bonds. The minimum Gasteiger partial charge on any atom is -0.488 e. The highest BCUT2D eigenvalue weighted by Crippen LogP contribution is 2.36. The van der Waals surface area contributed by atoms with Crippen molar-refractivity contribution < 1.29 is 29.4 Å². The van der Waals surface area contributed by atoms with Gasteiger partial charge >= 0.3 is 11.7 Å². The van der Waals surface area contributed by atoms with Crippen LogP contribution >= 0.6 is 0 Å². The van der Waals surface area contributed by atoms with E-state index in [1.807, 2.05) is 55.5 Å². The second-order valence-electron chi connectivity index (χ2n) is 9.48. The van der Waals surface area contributed by atoms with Crippen LogP contribution in [0.15, 0.2) is 84.9 Å². The van der Waals surface area contributed by atoms with Gasteiger partial charge in [-0.25, -0.2) is 0 Å². The van der Waals surface area contributed by atoms with E-state index in [0.717, 1.165) is 22.3 Å². The number of nitro groups is 1. The average molecular weight is 568 g/mol. The van der Waals surface area contributed by atoms with Gasteiger partial charge in [0.25, 0.3) is 0 Å². The van der Waals surface area contributed by atoms with Crippen LogP contribution in [0.25, 0.3) is 11.1 Å². The molecule has 214 valence electrons. The predicted octanol–water partition coefficient (Wildman–Crippen LogP) is 5.14. The number of nitro benzene ring substituents is 1. The van der Waals surface area contributed by atoms with Crippen molar-refractivity contribution in [2.24, 2.45) is 0 Å². The SMILES string of the molecule is Cc1c(COc2cc(OCc3cccc(C#N)c3)c(CNC(CO)C(=O)O)cc2[N+](=O)[O-])cccc1-c1ccccc1. The Morgan fingerprint density at radius 1 is 0.976 bits per heavy atom. The van der Waals surface area contributed by atoms with Crippen molar-refractivity contribution in [3.05, 3.63) is 123 Å². The fourth-order valence-corrected chi connectivity index (χ4v) is 4.40. The number of aliphatic carboxylic acids is 1. The molecule has 0 aliphatic carbocycles. The van der Waals surface area contributed by atoms with Crippen LogP contribution in [0.2, 0.25) is 0 Å². The summed E-state index contributed by atoms with van der Waals surface area (Å²) in [5, 5.41) is 42.6. The lowest BCUT2D eigenvalue weighted by Gasteiger charge is -2.17. The second kappa shape index (κ2) is 13.9. The fourth-order valence-electron chi connectivity index (χ4n) is 4.40. The van der Waals surface area contributed by atoms with Crippen LogP contribution in [-0.2, 0) is 24.6 Å². The molecule has 1 unspecified atom stereocenters. The van der Waals surface area contributed by atoms with Gasteiger partial charge < -0.3 is 19.7 Å². The van der Waals surface area contributed by atoms with E-state index in [0.29, 0.717) is 16.7 Å². The van der Waals surface area contributed by atoms with Crippen LogP contribution in [0, 0.1) is 28.4 Å².